The number of carbonyl (C=O) groups is 1. The molecule has 0 unspecified atom stereocenters. The minimum Gasteiger partial charge on any atom is -0.383 e. The van der Waals surface area contributed by atoms with Crippen molar-refractivity contribution < 1.29 is 9.32 Å². The number of benzene rings is 1. The number of hydrogen-bond acceptors (Lipinski definition) is 5. The molecular weight excluding hydrogens is 304 g/mol. The predicted octanol–water partition coefficient (Wildman–Crippen LogP) is 2.89. The summed E-state index contributed by atoms with van der Waals surface area (Å²) in [5.41, 5.74) is 3.90. The van der Waals surface area contributed by atoms with Crippen LogP contribution >= 0.6 is 0 Å². The molecule has 0 spiro atoms. The number of nitrogens with one attached hydrogen (secondary N) is 2. The number of anilines is 1. The Kier molecular flexibility index (Phi) is 4.86. The molecule has 0 aliphatic carbocycles. The molecule has 0 saturated heterocycles. The van der Waals surface area contributed by atoms with E-state index >= 15 is 0 Å². The van der Waals surface area contributed by atoms with Gasteiger partial charge in [0.05, 0.1) is 0 Å². The van der Waals surface area contributed by atoms with Gasteiger partial charge in [-0.1, -0.05) is 35.5 Å². The first-order valence-corrected chi connectivity index (χ1v) is 7.68. The summed E-state index contributed by atoms with van der Waals surface area (Å²) >= 11 is 0. The molecule has 122 valence electrons. The van der Waals surface area contributed by atoms with E-state index < -0.39 is 0 Å². The zero-order chi connectivity index (χ0) is 16.8. The van der Waals surface area contributed by atoms with Crippen LogP contribution in [0.4, 0.5) is 5.69 Å². The lowest BCUT2D eigenvalue weighted by atomic mass is 10.1. The average Bonchev–Trinajstić information content (AvgIpc) is 3.10. The van der Waals surface area contributed by atoms with Crippen LogP contribution in [0.1, 0.15) is 15.9 Å². The van der Waals surface area contributed by atoms with Crippen molar-refractivity contribution in [1.82, 2.24) is 15.5 Å². The van der Waals surface area contributed by atoms with Crippen LogP contribution < -0.4 is 10.6 Å². The molecule has 3 rings (SSSR count). The van der Waals surface area contributed by atoms with Crippen LogP contribution in [0, 0.1) is 6.92 Å². The van der Waals surface area contributed by atoms with Gasteiger partial charge in [0.15, 0.2) is 0 Å². The first-order chi connectivity index (χ1) is 11.8. The first-order valence-electron chi connectivity index (χ1n) is 7.68. The smallest absolute Gasteiger partial charge is 0.256 e. The molecule has 1 aromatic carbocycles. The van der Waals surface area contributed by atoms with E-state index in [1.54, 1.807) is 12.4 Å². The molecule has 2 heterocycles. The zero-order valence-corrected chi connectivity index (χ0v) is 13.3. The fraction of sp³-hybridized carbons (Fsp3) is 0.167. The van der Waals surface area contributed by atoms with Gasteiger partial charge < -0.3 is 15.2 Å². The number of aryl methyl sites for hydroxylation is 1. The zero-order valence-electron chi connectivity index (χ0n) is 13.3. The summed E-state index contributed by atoms with van der Waals surface area (Å²) in [6.07, 6.45) is 4.90. The van der Waals surface area contributed by atoms with Crippen LogP contribution in [0.25, 0.3) is 11.3 Å². The van der Waals surface area contributed by atoms with Crippen LogP contribution in [-0.4, -0.2) is 29.1 Å². The number of amides is 1. The molecule has 6 nitrogen and oxygen atoms in total. The highest BCUT2D eigenvalue weighted by Crippen LogP contribution is 2.21. The van der Waals surface area contributed by atoms with Gasteiger partial charge in [0.25, 0.3) is 5.91 Å². The molecule has 0 bridgehead atoms. The van der Waals surface area contributed by atoms with Gasteiger partial charge in [-0.15, -0.1) is 0 Å². The molecule has 6 heteroatoms. The van der Waals surface area contributed by atoms with E-state index in [-0.39, 0.29) is 5.91 Å². The molecule has 2 aromatic heterocycles. The van der Waals surface area contributed by atoms with Crippen LogP contribution in [0.2, 0.25) is 0 Å². The average molecular weight is 322 g/mol. The Morgan fingerprint density at radius 3 is 2.79 bits per heavy atom. The summed E-state index contributed by atoms with van der Waals surface area (Å²) < 4.78 is 4.98. The van der Waals surface area contributed by atoms with Gasteiger partial charge in [0.1, 0.15) is 17.5 Å². The second-order valence-electron chi connectivity index (χ2n) is 5.32. The summed E-state index contributed by atoms with van der Waals surface area (Å²) in [5, 5.41) is 10.1. The van der Waals surface area contributed by atoms with Crippen LogP contribution in [-0.2, 0) is 0 Å². The SMILES string of the molecule is Cc1cnccc1NCCNC(=O)c1conc1-c1ccccc1. The van der Waals surface area contributed by atoms with Gasteiger partial charge in [-0.3, -0.25) is 9.78 Å². The lowest BCUT2D eigenvalue weighted by Crippen LogP contribution is -2.29. The molecule has 1 amide bonds. The maximum Gasteiger partial charge on any atom is 0.256 e. The maximum absolute atomic E-state index is 12.3. The number of nitrogens with zero attached hydrogens (tertiary/aromatic N) is 2. The summed E-state index contributed by atoms with van der Waals surface area (Å²) in [4.78, 5) is 16.4. The van der Waals surface area contributed by atoms with Gasteiger partial charge in [-0.25, -0.2) is 0 Å². The van der Waals surface area contributed by atoms with E-state index in [2.05, 4.69) is 20.8 Å². The molecule has 2 N–H and O–H groups in total. The van der Waals surface area contributed by atoms with Crippen molar-refractivity contribution in [2.24, 2.45) is 0 Å². The summed E-state index contributed by atoms with van der Waals surface area (Å²) in [6, 6.07) is 11.4. The minimum absolute atomic E-state index is 0.205. The van der Waals surface area contributed by atoms with Gasteiger partial charge in [0.2, 0.25) is 0 Å². The maximum atomic E-state index is 12.3. The fourth-order valence-electron chi connectivity index (χ4n) is 2.34. The van der Waals surface area contributed by atoms with Crippen molar-refractivity contribution in [2.75, 3.05) is 18.4 Å². The second-order valence-corrected chi connectivity index (χ2v) is 5.32. The highest BCUT2D eigenvalue weighted by Gasteiger charge is 2.16. The highest BCUT2D eigenvalue weighted by atomic mass is 16.5. The van der Waals surface area contributed by atoms with Crippen LogP contribution in [0.15, 0.2) is 59.6 Å². The van der Waals surface area contributed by atoms with Crippen LogP contribution in [0.5, 0.6) is 0 Å². The first kappa shape index (κ1) is 15.7. The van der Waals surface area contributed by atoms with Crippen molar-refractivity contribution in [1.29, 1.82) is 0 Å². The predicted molar refractivity (Wildman–Crippen MR) is 91.7 cm³/mol. The number of pyridine rings is 1. The van der Waals surface area contributed by atoms with Crippen molar-refractivity contribution in [2.45, 2.75) is 6.92 Å². The van der Waals surface area contributed by atoms with E-state index in [4.69, 9.17) is 4.52 Å². The van der Waals surface area contributed by atoms with Gasteiger partial charge in [-0.05, 0) is 18.6 Å². The lowest BCUT2D eigenvalue weighted by Gasteiger charge is -2.09. The Balaban J connectivity index is 1.57. The van der Waals surface area contributed by atoms with Crippen molar-refractivity contribution in [3.63, 3.8) is 0 Å². The van der Waals surface area contributed by atoms with E-state index in [0.717, 1.165) is 16.8 Å². The minimum atomic E-state index is -0.205. The topological polar surface area (TPSA) is 80.0 Å². The largest absolute Gasteiger partial charge is 0.383 e. The molecular formula is C18H18N4O2. The Morgan fingerprint density at radius 1 is 1.17 bits per heavy atom. The standard InChI is InChI=1S/C18H18N4O2/c1-13-11-19-8-7-16(13)20-9-10-21-18(23)15-12-24-22-17(15)14-5-3-2-4-6-14/h2-8,11-12H,9-10H2,1H3,(H,19,20)(H,21,23). The van der Waals surface area contributed by atoms with E-state index in [1.807, 2.05) is 43.3 Å². The molecule has 0 fully saturated rings. The van der Waals surface area contributed by atoms with Gasteiger partial charge in [-0.2, -0.15) is 0 Å². The second kappa shape index (κ2) is 7.41. The fourth-order valence-corrected chi connectivity index (χ4v) is 2.34. The van der Waals surface area contributed by atoms with Gasteiger partial charge in [0, 0.05) is 36.7 Å². The summed E-state index contributed by atoms with van der Waals surface area (Å²) in [5.74, 6) is -0.205. The third-order valence-electron chi connectivity index (χ3n) is 3.61. The number of rotatable bonds is 6. The van der Waals surface area contributed by atoms with E-state index in [0.29, 0.717) is 24.3 Å². The van der Waals surface area contributed by atoms with E-state index in [9.17, 15) is 4.79 Å². The Morgan fingerprint density at radius 2 is 2.00 bits per heavy atom. The molecule has 0 radical (unpaired) electrons. The molecule has 0 aliphatic rings. The molecule has 0 aliphatic heterocycles. The Hall–Kier alpha value is -3.15. The monoisotopic (exact) mass is 322 g/mol. The normalized spacial score (nSPS) is 10.4. The summed E-state index contributed by atoms with van der Waals surface area (Å²) in [7, 11) is 0. The third-order valence-corrected chi connectivity index (χ3v) is 3.61. The molecule has 3 aromatic rings. The van der Waals surface area contributed by atoms with Crippen molar-refractivity contribution in [3.8, 4) is 11.3 Å². The quantitative estimate of drug-likeness (QED) is 0.682. The Bertz CT molecular complexity index is 815. The molecule has 24 heavy (non-hydrogen) atoms. The lowest BCUT2D eigenvalue weighted by molar-refractivity contribution is 0.0955. The summed E-state index contributed by atoms with van der Waals surface area (Å²) in [6.45, 7) is 3.08. The van der Waals surface area contributed by atoms with Crippen molar-refractivity contribution >= 4 is 11.6 Å². The third kappa shape index (κ3) is 3.60. The van der Waals surface area contributed by atoms with Crippen LogP contribution in [0.3, 0.4) is 0 Å². The molecule has 0 saturated carbocycles. The number of aromatic nitrogens is 2. The number of hydrogen-bond donors (Lipinski definition) is 2. The Labute approximate surface area is 139 Å². The highest BCUT2D eigenvalue weighted by molar-refractivity contribution is 5.99. The van der Waals surface area contributed by atoms with Crippen molar-refractivity contribution in [3.05, 3.63) is 66.2 Å². The number of carbonyl (C=O) groups excluding carboxylic acids is 1. The molecule has 0 atom stereocenters. The van der Waals surface area contributed by atoms with Gasteiger partial charge >= 0.3 is 0 Å². The van der Waals surface area contributed by atoms with E-state index in [1.165, 1.54) is 6.26 Å².